The minimum atomic E-state index is -2.83. The van der Waals surface area contributed by atoms with Crippen molar-refractivity contribution in [3.8, 4) is 17.3 Å². The highest BCUT2D eigenvalue weighted by molar-refractivity contribution is 7.99. The molecule has 0 unspecified atom stereocenters. The molecule has 11 nitrogen and oxygen atoms in total. The van der Waals surface area contributed by atoms with E-state index in [-0.39, 0.29) is 51.0 Å². The summed E-state index contributed by atoms with van der Waals surface area (Å²) in [6, 6.07) is 10.9. The lowest BCUT2D eigenvalue weighted by molar-refractivity contribution is -0.121. The molecule has 0 saturated carbocycles. The van der Waals surface area contributed by atoms with Gasteiger partial charge in [0, 0.05) is 21.9 Å². The van der Waals surface area contributed by atoms with Crippen LogP contribution in [0.5, 0.6) is 11.6 Å². The zero-order chi connectivity index (χ0) is 32.2. The van der Waals surface area contributed by atoms with Gasteiger partial charge in [-0.25, -0.2) is 23.8 Å². The SMILES string of the molecule is Cc1cc(Oc2ccccc2F)ncc1-n1ncc(C(=O)c2cc3cc(SC(F)F)c(N4C(=O)NC(C)(C)C4=O)cc3[nH]2)c1N. The number of H-pyrrole nitrogens is 1. The second kappa shape index (κ2) is 11.0. The quantitative estimate of drug-likeness (QED) is 0.108. The highest BCUT2D eigenvalue weighted by atomic mass is 32.2. The number of nitrogens with one attached hydrogen (secondary N) is 2. The molecule has 0 spiro atoms. The number of urea groups is 1. The summed E-state index contributed by atoms with van der Waals surface area (Å²) in [4.78, 5) is 47.1. The summed E-state index contributed by atoms with van der Waals surface area (Å²) in [5.41, 5.74) is 6.58. The maximum atomic E-state index is 14.0. The minimum Gasteiger partial charge on any atom is -0.436 e. The summed E-state index contributed by atoms with van der Waals surface area (Å²) in [5.74, 6) is -4.38. The Bertz CT molecular complexity index is 2020. The number of fused-ring (bicyclic) bond motifs is 1. The zero-order valence-electron chi connectivity index (χ0n) is 23.9. The van der Waals surface area contributed by atoms with Gasteiger partial charge in [0.15, 0.2) is 11.6 Å². The van der Waals surface area contributed by atoms with Crippen LogP contribution in [0, 0.1) is 12.7 Å². The third kappa shape index (κ3) is 5.35. The monoisotopic (exact) mass is 635 g/mol. The number of alkyl halides is 2. The Labute approximate surface area is 257 Å². The van der Waals surface area contributed by atoms with Gasteiger partial charge < -0.3 is 20.8 Å². The van der Waals surface area contributed by atoms with Crippen molar-refractivity contribution in [1.82, 2.24) is 25.1 Å². The largest absolute Gasteiger partial charge is 0.436 e. The number of aryl methyl sites for hydroxylation is 1. The molecule has 1 aliphatic heterocycles. The van der Waals surface area contributed by atoms with Crippen LogP contribution in [-0.2, 0) is 4.79 Å². The van der Waals surface area contributed by atoms with Crippen molar-refractivity contribution in [3.05, 3.63) is 83.6 Å². The lowest BCUT2D eigenvalue weighted by Gasteiger charge is -2.19. The van der Waals surface area contributed by atoms with Crippen LogP contribution in [0.2, 0.25) is 0 Å². The first-order valence-corrected chi connectivity index (χ1v) is 14.3. The molecule has 1 saturated heterocycles. The summed E-state index contributed by atoms with van der Waals surface area (Å²) in [7, 11) is 0. The van der Waals surface area contributed by atoms with E-state index in [9.17, 15) is 27.6 Å². The smallest absolute Gasteiger partial charge is 0.329 e. The number of carbonyl (C=O) groups excluding carboxylic acids is 3. The first kappa shape index (κ1) is 29.7. The molecule has 45 heavy (non-hydrogen) atoms. The number of nitrogens with zero attached hydrogens (tertiary/aromatic N) is 4. The molecule has 6 rings (SSSR count). The van der Waals surface area contributed by atoms with Crippen molar-refractivity contribution in [2.75, 3.05) is 10.6 Å². The number of amides is 3. The lowest BCUT2D eigenvalue weighted by Crippen LogP contribution is -2.40. The van der Waals surface area contributed by atoms with Gasteiger partial charge in [-0.3, -0.25) is 9.59 Å². The Balaban J connectivity index is 1.32. The molecule has 230 valence electrons. The van der Waals surface area contributed by atoms with Crippen molar-refractivity contribution in [1.29, 1.82) is 0 Å². The van der Waals surface area contributed by atoms with E-state index in [1.165, 1.54) is 67.3 Å². The molecular formula is C30H24F3N7O4S. The topological polar surface area (TPSA) is 148 Å². The number of carbonyl (C=O) groups is 3. The summed E-state index contributed by atoms with van der Waals surface area (Å²) in [6.45, 7) is 4.76. The van der Waals surface area contributed by atoms with E-state index in [1.54, 1.807) is 19.1 Å². The first-order valence-electron chi connectivity index (χ1n) is 13.4. The first-order chi connectivity index (χ1) is 21.3. The molecule has 15 heteroatoms. The van der Waals surface area contributed by atoms with E-state index in [2.05, 4.69) is 20.4 Å². The van der Waals surface area contributed by atoms with Crippen molar-refractivity contribution < 1.29 is 32.3 Å². The Morgan fingerprint density at radius 1 is 1.09 bits per heavy atom. The number of aromatic amines is 1. The summed E-state index contributed by atoms with van der Waals surface area (Å²) in [5, 5.41) is 7.19. The molecule has 5 aromatic rings. The Kier molecular flexibility index (Phi) is 7.27. The molecule has 3 amide bonds. The molecule has 3 aromatic heterocycles. The van der Waals surface area contributed by atoms with E-state index < -0.39 is 34.8 Å². The van der Waals surface area contributed by atoms with Crippen molar-refractivity contribution >= 4 is 51.9 Å². The van der Waals surface area contributed by atoms with Gasteiger partial charge in [0.2, 0.25) is 11.7 Å². The van der Waals surface area contributed by atoms with Crippen LogP contribution in [0.1, 0.15) is 35.5 Å². The Morgan fingerprint density at radius 3 is 2.51 bits per heavy atom. The highest BCUT2D eigenvalue weighted by Gasteiger charge is 2.46. The number of anilines is 2. The van der Waals surface area contributed by atoms with Gasteiger partial charge in [0.1, 0.15) is 11.4 Å². The Hall–Kier alpha value is -5.31. The van der Waals surface area contributed by atoms with Crippen LogP contribution in [0.25, 0.3) is 16.6 Å². The van der Waals surface area contributed by atoms with Crippen LogP contribution >= 0.6 is 11.8 Å². The molecule has 0 radical (unpaired) electrons. The predicted octanol–water partition coefficient (Wildman–Crippen LogP) is 5.95. The summed E-state index contributed by atoms with van der Waals surface area (Å²) in [6.07, 6.45) is 2.71. The van der Waals surface area contributed by atoms with Crippen molar-refractivity contribution in [2.24, 2.45) is 0 Å². The number of benzene rings is 2. The third-order valence-electron chi connectivity index (χ3n) is 7.15. The second-order valence-corrected chi connectivity index (χ2v) is 11.7. The van der Waals surface area contributed by atoms with E-state index >= 15 is 0 Å². The molecule has 1 fully saturated rings. The van der Waals surface area contributed by atoms with Gasteiger partial charge in [0.25, 0.3) is 11.7 Å². The van der Waals surface area contributed by atoms with Crippen molar-refractivity contribution in [2.45, 2.75) is 37.0 Å². The van der Waals surface area contributed by atoms with Gasteiger partial charge in [0.05, 0.1) is 35.0 Å². The fourth-order valence-corrected chi connectivity index (χ4v) is 5.57. The molecular weight excluding hydrogens is 611 g/mol. The number of nitrogens with two attached hydrogens (primary N) is 1. The molecule has 0 aliphatic carbocycles. The van der Waals surface area contributed by atoms with E-state index in [0.717, 1.165) is 4.90 Å². The zero-order valence-corrected chi connectivity index (χ0v) is 24.7. The fourth-order valence-electron chi connectivity index (χ4n) is 4.91. The average Bonchev–Trinajstić information content (AvgIpc) is 3.62. The molecule has 0 bridgehead atoms. The molecule has 1 aliphatic rings. The number of imide groups is 1. The second-order valence-electron chi connectivity index (χ2n) is 10.7. The number of halogens is 3. The van der Waals surface area contributed by atoms with Gasteiger partial charge in [-0.05, 0) is 56.7 Å². The van der Waals surface area contributed by atoms with Crippen LogP contribution < -0.4 is 20.7 Å². The maximum Gasteiger partial charge on any atom is 0.329 e. The molecule has 2 aromatic carbocycles. The number of para-hydroxylation sites is 1. The van der Waals surface area contributed by atoms with Crippen LogP contribution in [0.15, 0.2) is 65.8 Å². The van der Waals surface area contributed by atoms with Gasteiger partial charge in [-0.15, -0.1) is 0 Å². The summed E-state index contributed by atoms with van der Waals surface area (Å²) < 4.78 is 47.8. The van der Waals surface area contributed by atoms with E-state index in [4.69, 9.17) is 10.5 Å². The number of hydrogen-bond acceptors (Lipinski definition) is 8. The number of nitrogen functional groups attached to an aromatic ring is 1. The number of ketones is 1. The minimum absolute atomic E-state index is 0.00234. The van der Waals surface area contributed by atoms with Gasteiger partial charge in [-0.2, -0.15) is 13.9 Å². The van der Waals surface area contributed by atoms with Gasteiger partial charge in [-0.1, -0.05) is 23.9 Å². The predicted molar refractivity (Wildman–Crippen MR) is 161 cm³/mol. The number of rotatable bonds is 8. The molecule has 4 heterocycles. The number of thioether (sulfide) groups is 1. The van der Waals surface area contributed by atoms with Crippen molar-refractivity contribution in [3.63, 3.8) is 0 Å². The lowest BCUT2D eigenvalue weighted by atomic mass is 10.1. The summed E-state index contributed by atoms with van der Waals surface area (Å²) >= 11 is 0.179. The van der Waals surface area contributed by atoms with Gasteiger partial charge >= 0.3 is 6.03 Å². The van der Waals surface area contributed by atoms with Crippen LogP contribution in [0.3, 0.4) is 0 Å². The molecule has 0 atom stereocenters. The number of pyridine rings is 1. The fraction of sp³-hybridized carbons (Fsp3) is 0.167. The van der Waals surface area contributed by atoms with Crippen LogP contribution in [0.4, 0.5) is 29.5 Å². The maximum absolute atomic E-state index is 14.0. The highest BCUT2D eigenvalue weighted by Crippen LogP contribution is 2.40. The Morgan fingerprint density at radius 2 is 1.84 bits per heavy atom. The standard InChI is InChI=1S/C30H24F3N7O4S/c1-14-8-24(44-22-7-5-4-6-17(22)31)35-13-21(14)40-26(34)16(12-36-40)25(41)19-9-15-10-23(45-28(32)33)20(11-18(15)37-19)39-27(42)30(2,3)38-29(39)43/h4-13,28,37H,34H2,1-3H3,(H,38,43). The number of hydrogen-bond donors (Lipinski definition) is 3. The average molecular weight is 636 g/mol. The normalized spacial score (nSPS) is 14.4. The number of aromatic nitrogens is 4. The molecule has 4 N–H and O–H groups in total. The third-order valence-corrected chi connectivity index (χ3v) is 7.91. The van der Waals surface area contributed by atoms with Crippen LogP contribution in [-0.4, -0.2) is 48.8 Å². The number of ether oxygens (including phenoxy) is 1. The van der Waals surface area contributed by atoms with E-state index in [0.29, 0.717) is 22.2 Å². The van der Waals surface area contributed by atoms with E-state index in [1.807, 2.05) is 0 Å².